The van der Waals surface area contributed by atoms with Crippen LogP contribution in [0.4, 0.5) is 10.5 Å². The highest BCUT2D eigenvalue weighted by Gasteiger charge is 2.38. The first-order chi connectivity index (χ1) is 23.7. The molecule has 4 aliphatic rings. The van der Waals surface area contributed by atoms with Gasteiger partial charge in [-0.15, -0.1) is 0 Å². The van der Waals surface area contributed by atoms with Crippen molar-refractivity contribution >= 4 is 38.7 Å². The molecule has 4 aliphatic heterocycles. The normalized spacial score (nSPS) is 21.7. The van der Waals surface area contributed by atoms with Crippen LogP contribution in [0.2, 0.25) is 0 Å². The van der Waals surface area contributed by atoms with E-state index in [9.17, 15) is 18.0 Å². The number of nitrogens with zero attached hydrogens (tertiary/aromatic N) is 5. The average Bonchev–Trinajstić information content (AvgIpc) is 3.50. The number of aromatic amines is 1. The minimum atomic E-state index is -3.68. The Bertz CT molecular complexity index is 1770. The third-order valence-corrected chi connectivity index (χ3v) is 12.7. The zero-order valence-electron chi connectivity index (χ0n) is 28.8. The number of benzene rings is 2. The SMILES string of the molecule is CCc1cc(CC(NC(=O)N2CCC(N3Cc4ccccc4NS3(=O)=O)CC2)C(=O)N2CCC(N3CCCCC3)CC2)cc2c(C)[nH]nc12. The number of hydrogen-bond acceptors (Lipinski definition) is 6. The monoisotopic (exact) mass is 690 g/mol. The molecule has 1 unspecified atom stereocenters. The topological polar surface area (TPSA) is 134 Å². The Morgan fingerprint density at radius 1 is 0.939 bits per heavy atom. The fraction of sp³-hybridized carbons (Fsp3) is 0.583. The van der Waals surface area contributed by atoms with Gasteiger partial charge >= 0.3 is 16.2 Å². The van der Waals surface area contributed by atoms with Crippen molar-refractivity contribution in [2.75, 3.05) is 44.0 Å². The van der Waals surface area contributed by atoms with Gasteiger partial charge in [0, 0.05) is 62.3 Å². The van der Waals surface area contributed by atoms with Crippen LogP contribution in [0.15, 0.2) is 36.4 Å². The van der Waals surface area contributed by atoms with Crippen LogP contribution in [0.25, 0.3) is 10.9 Å². The number of aromatic nitrogens is 2. The van der Waals surface area contributed by atoms with Gasteiger partial charge in [0.2, 0.25) is 5.91 Å². The number of aryl methyl sites for hydroxylation is 2. The number of likely N-dealkylation sites (tertiary alicyclic amines) is 3. The molecule has 5 heterocycles. The van der Waals surface area contributed by atoms with E-state index in [1.807, 2.05) is 30.0 Å². The molecule has 0 aliphatic carbocycles. The largest absolute Gasteiger partial charge is 0.341 e. The maximum absolute atomic E-state index is 14.2. The molecule has 1 aromatic heterocycles. The molecular formula is C36H50N8O4S. The summed E-state index contributed by atoms with van der Waals surface area (Å²) in [5, 5.41) is 11.8. The summed E-state index contributed by atoms with van der Waals surface area (Å²) in [6.45, 7) is 8.93. The number of fused-ring (bicyclic) bond motifs is 2. The molecule has 0 saturated carbocycles. The summed E-state index contributed by atoms with van der Waals surface area (Å²) >= 11 is 0. The highest BCUT2D eigenvalue weighted by Crippen LogP contribution is 2.31. The molecule has 13 heteroatoms. The van der Waals surface area contributed by atoms with Crippen LogP contribution in [0.5, 0.6) is 0 Å². The number of para-hydroxylation sites is 1. The Balaban J connectivity index is 1.04. The number of rotatable bonds is 7. The van der Waals surface area contributed by atoms with Crippen molar-refractivity contribution in [1.82, 2.24) is 34.5 Å². The summed E-state index contributed by atoms with van der Waals surface area (Å²) in [7, 11) is -3.68. The van der Waals surface area contributed by atoms with Crippen molar-refractivity contribution < 1.29 is 18.0 Å². The lowest BCUT2D eigenvalue weighted by Crippen LogP contribution is -2.57. The van der Waals surface area contributed by atoms with Crippen molar-refractivity contribution in [2.45, 2.75) is 96.3 Å². The van der Waals surface area contributed by atoms with E-state index >= 15 is 0 Å². The number of piperidine rings is 3. The van der Waals surface area contributed by atoms with Gasteiger partial charge in [-0.25, -0.2) is 4.79 Å². The second-order valence-electron chi connectivity index (χ2n) is 14.2. The molecule has 264 valence electrons. The molecule has 0 bridgehead atoms. The summed E-state index contributed by atoms with van der Waals surface area (Å²) in [5.41, 5.74) is 5.60. The molecule has 3 fully saturated rings. The number of H-pyrrole nitrogens is 1. The van der Waals surface area contributed by atoms with Gasteiger partial charge in [-0.3, -0.25) is 14.6 Å². The Morgan fingerprint density at radius 2 is 1.63 bits per heavy atom. The average molecular weight is 691 g/mol. The lowest BCUT2D eigenvalue weighted by molar-refractivity contribution is -0.134. The fourth-order valence-corrected chi connectivity index (χ4v) is 9.79. The third-order valence-electron chi connectivity index (χ3n) is 11.1. The zero-order valence-corrected chi connectivity index (χ0v) is 29.6. The van der Waals surface area contributed by atoms with E-state index in [4.69, 9.17) is 0 Å². The van der Waals surface area contributed by atoms with Gasteiger partial charge in [0.15, 0.2) is 0 Å². The first kappa shape index (κ1) is 33.8. The van der Waals surface area contributed by atoms with Crippen LogP contribution >= 0.6 is 0 Å². The zero-order chi connectivity index (χ0) is 34.1. The predicted octanol–water partition coefficient (Wildman–Crippen LogP) is 4.17. The second kappa shape index (κ2) is 14.3. The Kier molecular flexibility index (Phi) is 9.85. The van der Waals surface area contributed by atoms with E-state index in [-0.39, 0.29) is 18.0 Å². The van der Waals surface area contributed by atoms with E-state index in [1.54, 1.807) is 11.0 Å². The van der Waals surface area contributed by atoms with Gasteiger partial charge < -0.3 is 20.0 Å². The molecule has 12 nitrogen and oxygen atoms in total. The van der Waals surface area contributed by atoms with E-state index in [1.165, 1.54) is 23.6 Å². The number of amides is 3. The van der Waals surface area contributed by atoms with Gasteiger partial charge in [-0.05, 0) is 93.8 Å². The number of nitrogens with one attached hydrogen (secondary N) is 3. The quantitative estimate of drug-likeness (QED) is 0.341. The number of carbonyl (C=O) groups excluding carboxylic acids is 2. The molecular weight excluding hydrogens is 641 g/mol. The Labute approximate surface area is 289 Å². The van der Waals surface area contributed by atoms with Gasteiger partial charge in [0.25, 0.3) is 0 Å². The molecule has 3 N–H and O–H groups in total. The summed E-state index contributed by atoms with van der Waals surface area (Å²) in [6.07, 6.45) is 7.97. The number of hydrogen-bond donors (Lipinski definition) is 3. The van der Waals surface area contributed by atoms with Crippen molar-refractivity contribution in [3.05, 3.63) is 58.8 Å². The maximum atomic E-state index is 14.2. The number of anilines is 1. The van der Waals surface area contributed by atoms with E-state index in [2.05, 4.69) is 44.2 Å². The second-order valence-corrected chi connectivity index (χ2v) is 15.9. The van der Waals surface area contributed by atoms with E-state index in [0.717, 1.165) is 65.6 Å². The van der Waals surface area contributed by atoms with Crippen molar-refractivity contribution in [3.63, 3.8) is 0 Å². The minimum absolute atomic E-state index is 0.0356. The molecule has 3 saturated heterocycles. The smallest absolute Gasteiger partial charge is 0.318 e. The molecule has 2 aromatic carbocycles. The minimum Gasteiger partial charge on any atom is -0.341 e. The number of carbonyl (C=O) groups is 2. The van der Waals surface area contributed by atoms with Crippen LogP contribution in [-0.2, 0) is 34.4 Å². The van der Waals surface area contributed by atoms with E-state index < -0.39 is 16.3 Å². The molecule has 3 aromatic rings. The van der Waals surface area contributed by atoms with Crippen LogP contribution < -0.4 is 10.0 Å². The molecule has 49 heavy (non-hydrogen) atoms. The summed E-state index contributed by atoms with van der Waals surface area (Å²) in [5.74, 6) is -0.0356. The van der Waals surface area contributed by atoms with Crippen molar-refractivity contribution in [1.29, 1.82) is 0 Å². The van der Waals surface area contributed by atoms with Crippen molar-refractivity contribution in [2.24, 2.45) is 0 Å². The van der Waals surface area contributed by atoms with Crippen molar-refractivity contribution in [3.8, 4) is 0 Å². The highest BCUT2D eigenvalue weighted by atomic mass is 32.2. The Hall–Kier alpha value is -3.68. The molecule has 7 rings (SSSR count). The molecule has 1 atom stereocenters. The van der Waals surface area contributed by atoms with Gasteiger partial charge in [0.1, 0.15) is 6.04 Å². The van der Waals surface area contributed by atoms with Crippen LogP contribution in [0.1, 0.15) is 74.3 Å². The van der Waals surface area contributed by atoms with Gasteiger partial charge in [0.05, 0.1) is 11.2 Å². The van der Waals surface area contributed by atoms with Crippen LogP contribution in [0.3, 0.4) is 0 Å². The van der Waals surface area contributed by atoms with Crippen LogP contribution in [0, 0.1) is 6.92 Å². The van der Waals surface area contributed by atoms with Crippen LogP contribution in [-0.4, -0.2) is 107 Å². The molecule has 0 spiro atoms. The van der Waals surface area contributed by atoms with E-state index in [0.29, 0.717) is 63.7 Å². The standard InChI is InChI=1S/C36H50N8O4S/c1-3-27-21-26(22-31-25(2)38-39-34(27)31)23-33(35(45)42-17-11-29(12-18-42)41-15-7-4-8-16-41)37-36(46)43-19-13-30(14-20-43)44-24-28-9-5-6-10-32(28)40-49(44,47)48/h5-6,9-10,21-22,29-30,33,40H,3-4,7-8,11-20,23-24H2,1-2H3,(H,37,46)(H,38,39). The lowest BCUT2D eigenvalue weighted by Gasteiger charge is -2.41. The van der Waals surface area contributed by atoms with Gasteiger partial charge in [-0.2, -0.15) is 17.8 Å². The first-order valence-electron chi connectivity index (χ1n) is 18.1. The summed E-state index contributed by atoms with van der Waals surface area (Å²) in [6, 6.07) is 11.0. The highest BCUT2D eigenvalue weighted by molar-refractivity contribution is 7.90. The predicted molar refractivity (Wildman–Crippen MR) is 190 cm³/mol. The third kappa shape index (κ3) is 7.16. The summed E-state index contributed by atoms with van der Waals surface area (Å²) in [4.78, 5) is 34.4. The summed E-state index contributed by atoms with van der Waals surface area (Å²) < 4.78 is 30.5. The lowest BCUT2D eigenvalue weighted by atomic mass is 9.96. The maximum Gasteiger partial charge on any atom is 0.318 e. The first-order valence-corrected chi connectivity index (χ1v) is 19.6. The number of urea groups is 1. The Morgan fingerprint density at radius 3 is 2.37 bits per heavy atom. The van der Waals surface area contributed by atoms with Gasteiger partial charge in [-0.1, -0.05) is 37.6 Å². The fourth-order valence-electron chi connectivity index (χ4n) is 8.29. The molecule has 3 amide bonds. The molecule has 0 radical (unpaired) electrons.